The molecule has 0 heterocycles. The van der Waals surface area contributed by atoms with E-state index >= 15 is 0 Å². The molecule has 0 bridgehead atoms. The Morgan fingerprint density at radius 2 is 0.942 bits per heavy atom. The number of carbonyl (C=O) groups excluding carboxylic acids is 1. The summed E-state index contributed by atoms with van der Waals surface area (Å²) in [4.78, 5) is 6.21. The highest BCUT2D eigenvalue weighted by molar-refractivity contribution is 7.92. The normalized spacial score (nSPS) is 13.2. The van der Waals surface area contributed by atoms with E-state index in [9.17, 15) is 84.3 Å². The third-order valence-electron chi connectivity index (χ3n) is 7.94. The Bertz CT molecular complexity index is 3460. The van der Waals surface area contributed by atoms with E-state index in [1.807, 2.05) is 0 Å². The maximum absolute atomic E-state index is 12.9. The molecular formula is C30H29N7O25S7. The number of phenols is 3. The number of benzene rings is 4. The quantitative estimate of drug-likeness (QED) is 0.0133. The van der Waals surface area contributed by atoms with Crippen LogP contribution in [0.4, 0.5) is 39.8 Å². The van der Waals surface area contributed by atoms with Crippen molar-refractivity contribution < 1.29 is 112 Å². The Balaban J connectivity index is 1.96. The number of anilines is 1. The van der Waals surface area contributed by atoms with Gasteiger partial charge in [-0.25, -0.2) is 26.3 Å². The van der Waals surface area contributed by atoms with Crippen LogP contribution in [0.25, 0.3) is 0 Å². The van der Waals surface area contributed by atoms with Gasteiger partial charge in [0.25, 0.3) is 30.4 Å². The summed E-state index contributed by atoms with van der Waals surface area (Å²) in [6.07, 6.45) is 0. The molecule has 0 aliphatic carbocycles. The van der Waals surface area contributed by atoms with Gasteiger partial charge >= 0.3 is 10.4 Å². The third kappa shape index (κ3) is 15.1. The molecule has 0 radical (unpaired) electrons. The molecule has 0 aliphatic heterocycles. The molecule has 0 saturated heterocycles. The smallest absolute Gasteiger partial charge is 0.397 e. The van der Waals surface area contributed by atoms with Crippen LogP contribution < -0.4 is 5.32 Å². The minimum Gasteiger partial charge on any atom is -0.504 e. The van der Waals surface area contributed by atoms with Gasteiger partial charge in [-0.3, -0.25) is 27.2 Å². The van der Waals surface area contributed by atoms with Crippen LogP contribution in [0.1, 0.15) is 6.92 Å². The fourth-order valence-corrected chi connectivity index (χ4v) is 10.0. The number of hydrogen-bond acceptors (Lipinski definition) is 28. The Morgan fingerprint density at radius 3 is 1.30 bits per heavy atom. The molecular weight excluding hydrogens is 1080 g/mol. The summed E-state index contributed by atoms with van der Waals surface area (Å²) >= 11 is 0.0147. The summed E-state index contributed by atoms with van der Waals surface area (Å²) in [5.74, 6) is -7.21. The van der Waals surface area contributed by atoms with E-state index in [-0.39, 0.29) is 18.0 Å². The minimum atomic E-state index is -5.49. The van der Waals surface area contributed by atoms with Crippen LogP contribution >= 0.6 is 12.3 Å². The van der Waals surface area contributed by atoms with Gasteiger partial charge in [0, 0.05) is 12.6 Å². The predicted octanol–water partition coefficient (Wildman–Crippen LogP) is 4.12. The Kier molecular flexibility index (Phi) is 17.7. The fourth-order valence-electron chi connectivity index (χ4n) is 5.00. The highest BCUT2D eigenvalue weighted by atomic mass is 32.3. The molecule has 69 heavy (non-hydrogen) atoms. The zero-order valence-corrected chi connectivity index (χ0v) is 39.3. The second-order valence-electron chi connectivity index (χ2n) is 12.7. The molecule has 4 aromatic carbocycles. The molecule has 0 atom stereocenters. The molecule has 0 spiro atoms. The van der Waals surface area contributed by atoms with E-state index in [1.165, 1.54) is 0 Å². The number of nitrogens with one attached hydrogen (secondary N) is 1. The van der Waals surface area contributed by atoms with Crippen molar-refractivity contribution in [2.75, 3.05) is 30.0 Å². The first-order valence-corrected chi connectivity index (χ1v) is 26.9. The summed E-state index contributed by atoms with van der Waals surface area (Å²) in [7, 11) is -30.3. The van der Waals surface area contributed by atoms with E-state index in [1.54, 1.807) is 0 Å². The largest absolute Gasteiger partial charge is 0.504 e. The zero-order valence-electron chi connectivity index (χ0n) is 33.6. The molecule has 1 amide bonds. The van der Waals surface area contributed by atoms with Crippen molar-refractivity contribution in [1.29, 1.82) is 0 Å². The molecule has 376 valence electrons. The van der Waals surface area contributed by atoms with Gasteiger partial charge in [-0.1, -0.05) is 5.04 Å². The van der Waals surface area contributed by atoms with Crippen LogP contribution in [0, 0.1) is 0 Å². The van der Waals surface area contributed by atoms with Gasteiger partial charge in [0.1, 0.15) is 31.7 Å². The number of aromatic hydroxyl groups is 3. The van der Waals surface area contributed by atoms with Gasteiger partial charge in [0.15, 0.2) is 66.3 Å². The van der Waals surface area contributed by atoms with Gasteiger partial charge < -0.3 is 20.6 Å². The van der Waals surface area contributed by atoms with E-state index in [4.69, 9.17) is 9.81 Å². The SMILES string of the molecule is CC(=O)Nc1ccc(/N=N/c2c(O)c(/N=N/c3ccc(S(=O)(=O)CCOSOOO)cc3S(=O)(=O)O)c(O)c(/N=N/c3ccc(S(=O)(=O)CCOS(=O)(=O)O)cc3S(=O)(=O)O)c2O)c(S(=O)(=O)O)c1. The van der Waals surface area contributed by atoms with Gasteiger partial charge in [-0.15, -0.1) is 35.0 Å². The molecule has 4 aromatic rings. The van der Waals surface area contributed by atoms with E-state index in [0.29, 0.717) is 36.4 Å². The molecule has 0 fully saturated rings. The van der Waals surface area contributed by atoms with Crippen molar-refractivity contribution in [2.45, 2.75) is 31.4 Å². The second kappa shape index (κ2) is 21.9. The van der Waals surface area contributed by atoms with E-state index < -0.39 is 167 Å². The molecule has 9 N–H and O–H groups in total. The molecule has 0 aliphatic rings. The topological polar surface area (TPSA) is 507 Å². The van der Waals surface area contributed by atoms with Crippen molar-refractivity contribution in [3.05, 3.63) is 54.6 Å². The van der Waals surface area contributed by atoms with Gasteiger partial charge in [-0.2, -0.15) is 33.7 Å². The number of sulfone groups is 2. The number of amides is 1. The lowest BCUT2D eigenvalue weighted by molar-refractivity contribution is -0.434. The number of azo groups is 3. The highest BCUT2D eigenvalue weighted by Crippen LogP contribution is 2.57. The van der Waals surface area contributed by atoms with Crippen molar-refractivity contribution in [3.63, 3.8) is 0 Å². The minimum absolute atomic E-state index is 0.0147. The summed E-state index contributed by atoms with van der Waals surface area (Å²) in [6.45, 7) is -0.752. The monoisotopic (exact) mass is 1110 g/mol. The molecule has 0 aromatic heterocycles. The van der Waals surface area contributed by atoms with Crippen molar-refractivity contribution in [2.24, 2.45) is 30.7 Å². The first-order valence-electron chi connectivity index (χ1n) is 17.3. The van der Waals surface area contributed by atoms with Gasteiger partial charge in [-0.05, 0) is 54.6 Å². The van der Waals surface area contributed by atoms with Crippen LogP contribution in [0.2, 0.25) is 0 Å². The van der Waals surface area contributed by atoms with Crippen molar-refractivity contribution >= 4 is 118 Å². The Morgan fingerprint density at radius 1 is 0.565 bits per heavy atom. The number of carbonyl (C=O) groups is 1. The molecule has 0 unspecified atom stereocenters. The lowest BCUT2D eigenvalue weighted by atomic mass is 10.2. The summed E-state index contributed by atoms with van der Waals surface area (Å²) in [5, 5.41) is 68.4. The number of phenolic OH excluding ortho intramolecular Hbond substituents is 3. The number of hydrogen-bond donors (Lipinski definition) is 9. The van der Waals surface area contributed by atoms with E-state index in [2.05, 4.69) is 53.7 Å². The Hall–Kier alpha value is -5.76. The van der Waals surface area contributed by atoms with Crippen LogP contribution in [-0.4, -0.2) is 120 Å². The lowest BCUT2D eigenvalue weighted by Crippen LogP contribution is -2.16. The first-order chi connectivity index (χ1) is 31.8. The molecule has 39 heteroatoms. The summed E-state index contributed by atoms with van der Waals surface area (Å²) in [6, 6.07) is 5.92. The highest BCUT2D eigenvalue weighted by Gasteiger charge is 2.28. The van der Waals surface area contributed by atoms with Crippen LogP contribution in [0.15, 0.2) is 110 Å². The van der Waals surface area contributed by atoms with Crippen molar-refractivity contribution in [3.8, 4) is 17.2 Å². The van der Waals surface area contributed by atoms with E-state index in [0.717, 1.165) is 25.1 Å². The maximum Gasteiger partial charge on any atom is 0.397 e. The fraction of sp³-hybridized carbons (Fsp3) is 0.167. The van der Waals surface area contributed by atoms with Gasteiger partial charge in [0.05, 0.1) is 34.5 Å². The van der Waals surface area contributed by atoms with Crippen LogP contribution in [0.3, 0.4) is 0 Å². The van der Waals surface area contributed by atoms with Crippen LogP contribution in [-0.2, 0) is 83.0 Å². The zero-order chi connectivity index (χ0) is 51.9. The lowest BCUT2D eigenvalue weighted by Gasteiger charge is -2.11. The first kappa shape index (κ1) is 55.8. The maximum atomic E-state index is 12.9. The third-order valence-corrected chi connectivity index (χ3v) is 14.8. The van der Waals surface area contributed by atoms with Gasteiger partial charge in [0.2, 0.25) is 5.91 Å². The standard InChI is InChI=1S/C30H29N7O25S7/c1-15(38)31-16-2-5-19(22(12-16)66(47,48)49)32-35-25-28(39)26(36-33-20-6-3-17(13-23(20)67(50,51)52)64(43,44)10-8-59-63-62-61-42)30(41)27(29(25)40)37-34-21-7-4-18(14-24(21)68(53,54)55)65(45,46)11-9-60-69(56,57)58/h2-7,12-14,39-42H,8-11H2,1H3,(H,31,38)(H,47,48,49)(H,50,51,52)(H,53,54,55)(H,56,57,58)/b35-32+,36-33+,37-34+. The molecule has 32 nitrogen and oxygen atoms in total. The summed E-state index contributed by atoms with van der Waals surface area (Å²) < 4.78 is 198. The van der Waals surface area contributed by atoms with Crippen molar-refractivity contribution in [1.82, 2.24) is 0 Å². The second-order valence-corrected chi connectivity index (χ2v) is 22.6. The average molecular weight is 1110 g/mol. The van der Waals surface area contributed by atoms with Crippen LogP contribution in [0.5, 0.6) is 17.2 Å². The number of nitrogens with zero attached hydrogens (tertiary/aromatic N) is 6. The molecule has 0 saturated carbocycles. The summed E-state index contributed by atoms with van der Waals surface area (Å²) in [5.41, 5.74) is -6.74. The Labute approximate surface area is 392 Å². The predicted molar refractivity (Wildman–Crippen MR) is 227 cm³/mol. The molecule has 4 rings (SSSR count). The average Bonchev–Trinajstić information content (AvgIpc) is 3.22. The number of rotatable bonds is 22.